The van der Waals surface area contributed by atoms with Gasteiger partial charge in [-0.25, -0.2) is 0 Å². The summed E-state index contributed by atoms with van der Waals surface area (Å²) in [6.45, 7) is 2.46. The Morgan fingerprint density at radius 3 is 2.83 bits per heavy atom. The Morgan fingerprint density at radius 1 is 1.29 bits per heavy atom. The molecule has 6 heteroatoms. The molecule has 124 valence electrons. The molecule has 1 N–H and O–H groups in total. The second-order valence-corrected chi connectivity index (χ2v) is 6.97. The first kappa shape index (κ1) is 16.9. The number of anilines is 1. The number of thioether (sulfide) groups is 1. The predicted octanol–water partition coefficient (Wildman–Crippen LogP) is 4.94. The van der Waals surface area contributed by atoms with Crippen molar-refractivity contribution < 1.29 is 14.3 Å². The van der Waals surface area contributed by atoms with Gasteiger partial charge in [0.15, 0.2) is 11.5 Å². The van der Waals surface area contributed by atoms with E-state index in [4.69, 9.17) is 9.47 Å². The number of benzene rings is 2. The number of fused-ring (bicyclic) bond motifs is 1. The van der Waals surface area contributed by atoms with E-state index in [9.17, 15) is 4.79 Å². The highest BCUT2D eigenvalue weighted by Crippen LogP contribution is 2.41. The van der Waals surface area contributed by atoms with Gasteiger partial charge < -0.3 is 14.8 Å². The quantitative estimate of drug-likeness (QED) is 0.731. The molecule has 0 aromatic heterocycles. The first-order valence-corrected chi connectivity index (χ1v) is 9.03. The Kier molecular flexibility index (Phi) is 5.16. The molecule has 2 aromatic rings. The number of rotatable bonds is 4. The number of amides is 1. The second-order valence-electron chi connectivity index (χ2n) is 5.03. The number of hydrogen-bond donors (Lipinski definition) is 1. The van der Waals surface area contributed by atoms with Gasteiger partial charge in [0.1, 0.15) is 0 Å². The molecule has 0 radical (unpaired) electrons. The fraction of sp³-hybridized carbons (Fsp3) is 0.167. The van der Waals surface area contributed by atoms with Gasteiger partial charge >= 0.3 is 0 Å². The summed E-state index contributed by atoms with van der Waals surface area (Å²) in [6.07, 6.45) is 1.85. The summed E-state index contributed by atoms with van der Waals surface area (Å²) in [5.41, 5.74) is 1.70. The standard InChI is InChI=1S/C18H16BrNO3S/c1-3-23-17-12(19)8-11(9-14(17)22-2)10-16-18(21)20-13-6-4-5-7-15(13)24-16/h4-10H,3H2,1-2H3,(H,20,21)/b16-10-. The van der Waals surface area contributed by atoms with Gasteiger partial charge in [0.25, 0.3) is 5.91 Å². The summed E-state index contributed by atoms with van der Waals surface area (Å²) in [7, 11) is 1.60. The summed E-state index contributed by atoms with van der Waals surface area (Å²) in [6, 6.07) is 11.5. The minimum absolute atomic E-state index is 0.109. The number of ether oxygens (including phenoxy) is 2. The summed E-state index contributed by atoms with van der Waals surface area (Å²) < 4.78 is 11.8. The first-order valence-electron chi connectivity index (χ1n) is 7.42. The molecule has 0 unspecified atom stereocenters. The molecule has 24 heavy (non-hydrogen) atoms. The van der Waals surface area contributed by atoms with Crippen LogP contribution in [0.1, 0.15) is 12.5 Å². The molecular weight excluding hydrogens is 390 g/mol. The molecule has 0 bridgehead atoms. The molecule has 0 spiro atoms. The average molecular weight is 406 g/mol. The highest BCUT2D eigenvalue weighted by atomic mass is 79.9. The lowest BCUT2D eigenvalue weighted by molar-refractivity contribution is -0.112. The molecule has 2 aromatic carbocycles. The third-order valence-corrected chi connectivity index (χ3v) is 5.11. The van der Waals surface area contributed by atoms with E-state index in [1.54, 1.807) is 7.11 Å². The molecule has 1 aliphatic rings. The summed E-state index contributed by atoms with van der Waals surface area (Å²) in [4.78, 5) is 14.0. The van der Waals surface area contributed by atoms with E-state index in [0.29, 0.717) is 23.0 Å². The third kappa shape index (κ3) is 3.44. The van der Waals surface area contributed by atoms with E-state index in [0.717, 1.165) is 20.6 Å². The van der Waals surface area contributed by atoms with Crippen molar-refractivity contribution in [2.45, 2.75) is 11.8 Å². The van der Waals surface area contributed by atoms with Crippen molar-refractivity contribution in [3.8, 4) is 11.5 Å². The molecule has 0 aliphatic carbocycles. The van der Waals surface area contributed by atoms with Crippen LogP contribution in [0.5, 0.6) is 11.5 Å². The number of para-hydroxylation sites is 1. The Bertz CT molecular complexity index is 820. The van der Waals surface area contributed by atoms with Crippen LogP contribution in [0.2, 0.25) is 0 Å². The van der Waals surface area contributed by atoms with Gasteiger partial charge in [0.2, 0.25) is 0 Å². The summed E-state index contributed by atoms with van der Waals surface area (Å²) in [5.74, 6) is 1.18. The molecule has 0 saturated heterocycles. The Morgan fingerprint density at radius 2 is 2.08 bits per heavy atom. The normalized spacial score (nSPS) is 15.0. The van der Waals surface area contributed by atoms with Crippen LogP contribution in [0.15, 0.2) is 50.7 Å². The van der Waals surface area contributed by atoms with Crippen LogP contribution in [0.4, 0.5) is 5.69 Å². The largest absolute Gasteiger partial charge is 0.493 e. The highest BCUT2D eigenvalue weighted by Gasteiger charge is 2.21. The van der Waals surface area contributed by atoms with Gasteiger partial charge in [-0.05, 0) is 58.8 Å². The number of halogens is 1. The van der Waals surface area contributed by atoms with E-state index in [2.05, 4.69) is 21.2 Å². The van der Waals surface area contributed by atoms with E-state index >= 15 is 0 Å². The molecule has 1 aliphatic heterocycles. The molecule has 0 fully saturated rings. The van der Waals surface area contributed by atoms with E-state index in [1.807, 2.05) is 49.4 Å². The van der Waals surface area contributed by atoms with Crippen molar-refractivity contribution in [3.05, 3.63) is 51.3 Å². The summed E-state index contributed by atoms with van der Waals surface area (Å²) in [5, 5.41) is 2.91. The lowest BCUT2D eigenvalue weighted by Gasteiger charge is -2.18. The van der Waals surface area contributed by atoms with Crippen molar-refractivity contribution in [1.29, 1.82) is 0 Å². The minimum atomic E-state index is -0.109. The molecule has 1 amide bonds. The Labute approximate surface area is 153 Å². The second kappa shape index (κ2) is 7.32. The minimum Gasteiger partial charge on any atom is -0.493 e. The smallest absolute Gasteiger partial charge is 0.262 e. The number of carbonyl (C=O) groups is 1. The molecule has 0 saturated carbocycles. The van der Waals surface area contributed by atoms with E-state index in [1.165, 1.54) is 11.8 Å². The maximum absolute atomic E-state index is 12.3. The molecular formula is C18H16BrNO3S. The van der Waals surface area contributed by atoms with Gasteiger partial charge in [-0.1, -0.05) is 23.9 Å². The van der Waals surface area contributed by atoms with Crippen molar-refractivity contribution in [2.24, 2.45) is 0 Å². The van der Waals surface area contributed by atoms with Crippen molar-refractivity contribution >= 4 is 45.4 Å². The van der Waals surface area contributed by atoms with Crippen molar-refractivity contribution in [2.75, 3.05) is 19.0 Å². The van der Waals surface area contributed by atoms with Gasteiger partial charge in [0.05, 0.1) is 28.8 Å². The maximum atomic E-state index is 12.3. The zero-order chi connectivity index (χ0) is 17.1. The molecule has 3 rings (SSSR count). The Hall–Kier alpha value is -1.92. The first-order chi connectivity index (χ1) is 11.6. The maximum Gasteiger partial charge on any atom is 0.262 e. The van der Waals surface area contributed by atoms with Crippen LogP contribution in [0.25, 0.3) is 6.08 Å². The molecule has 1 heterocycles. The van der Waals surface area contributed by atoms with Gasteiger partial charge in [-0.2, -0.15) is 0 Å². The average Bonchev–Trinajstić information content (AvgIpc) is 2.57. The fourth-order valence-electron chi connectivity index (χ4n) is 2.36. The van der Waals surface area contributed by atoms with Crippen LogP contribution in [-0.2, 0) is 4.79 Å². The van der Waals surface area contributed by atoms with Crippen LogP contribution in [0, 0.1) is 0 Å². The lowest BCUT2D eigenvalue weighted by atomic mass is 10.2. The van der Waals surface area contributed by atoms with Crippen molar-refractivity contribution in [3.63, 3.8) is 0 Å². The monoisotopic (exact) mass is 405 g/mol. The number of methoxy groups -OCH3 is 1. The van der Waals surface area contributed by atoms with E-state index < -0.39 is 0 Å². The van der Waals surface area contributed by atoms with Crippen LogP contribution in [-0.4, -0.2) is 19.6 Å². The fourth-order valence-corrected chi connectivity index (χ4v) is 3.89. The Balaban J connectivity index is 1.97. The SMILES string of the molecule is CCOc1c(Br)cc(/C=C2\Sc3ccccc3NC2=O)cc1OC. The van der Waals surface area contributed by atoms with Gasteiger partial charge in [-0.3, -0.25) is 4.79 Å². The predicted molar refractivity (Wildman–Crippen MR) is 101 cm³/mol. The van der Waals surface area contributed by atoms with Crippen molar-refractivity contribution in [1.82, 2.24) is 0 Å². The summed E-state index contributed by atoms with van der Waals surface area (Å²) >= 11 is 4.96. The topological polar surface area (TPSA) is 47.6 Å². The van der Waals surface area contributed by atoms with Gasteiger partial charge in [0, 0.05) is 4.90 Å². The third-order valence-electron chi connectivity index (χ3n) is 3.42. The number of nitrogens with one attached hydrogen (secondary N) is 1. The number of hydrogen-bond acceptors (Lipinski definition) is 4. The zero-order valence-electron chi connectivity index (χ0n) is 13.3. The van der Waals surface area contributed by atoms with Crippen LogP contribution < -0.4 is 14.8 Å². The highest BCUT2D eigenvalue weighted by molar-refractivity contribution is 9.10. The van der Waals surface area contributed by atoms with Crippen LogP contribution >= 0.6 is 27.7 Å². The molecule has 4 nitrogen and oxygen atoms in total. The van der Waals surface area contributed by atoms with E-state index in [-0.39, 0.29) is 5.91 Å². The van der Waals surface area contributed by atoms with Crippen LogP contribution in [0.3, 0.4) is 0 Å². The number of carbonyl (C=O) groups excluding carboxylic acids is 1. The molecule has 0 atom stereocenters. The van der Waals surface area contributed by atoms with Gasteiger partial charge in [-0.15, -0.1) is 0 Å². The lowest BCUT2D eigenvalue weighted by Crippen LogP contribution is -2.17. The zero-order valence-corrected chi connectivity index (χ0v) is 15.7.